The molecule has 0 aliphatic carbocycles. The van der Waals surface area contributed by atoms with E-state index in [0.29, 0.717) is 0 Å². The fourth-order valence-electron chi connectivity index (χ4n) is 2.34. The molecule has 1 fully saturated rings. The Balaban J connectivity index is 1.90. The quantitative estimate of drug-likeness (QED) is 0.794. The van der Waals surface area contributed by atoms with E-state index in [1.54, 1.807) is 0 Å². The summed E-state index contributed by atoms with van der Waals surface area (Å²) in [6, 6.07) is 3.41. The fraction of sp³-hybridized carbons (Fsp3) is 0.400. The van der Waals surface area contributed by atoms with Gasteiger partial charge in [-0.05, 0) is 24.3 Å². The number of amides is 2. The van der Waals surface area contributed by atoms with Crippen LogP contribution < -0.4 is 5.32 Å². The third kappa shape index (κ3) is 4.25. The second kappa shape index (κ2) is 6.69. The Morgan fingerprint density at radius 2 is 1.80 bits per heavy atom. The third-order valence-corrected chi connectivity index (χ3v) is 3.83. The molecule has 1 aromatic carbocycles. The van der Waals surface area contributed by atoms with Gasteiger partial charge < -0.3 is 15.3 Å². The van der Waals surface area contributed by atoms with Crippen molar-refractivity contribution in [1.82, 2.24) is 10.2 Å². The average Bonchev–Trinajstić information content (AvgIpc) is 2.95. The summed E-state index contributed by atoms with van der Waals surface area (Å²) in [7, 11) is 0. The summed E-state index contributed by atoms with van der Waals surface area (Å²) >= 11 is 0. The summed E-state index contributed by atoms with van der Waals surface area (Å²) in [6.07, 6.45) is -4.87. The van der Waals surface area contributed by atoms with Gasteiger partial charge in [-0.2, -0.15) is 13.2 Å². The van der Waals surface area contributed by atoms with E-state index in [-0.39, 0.29) is 18.5 Å². The van der Waals surface area contributed by atoms with Crippen molar-refractivity contribution in [2.24, 2.45) is 0 Å². The molecular formula is C15H14F4N2O4. The Morgan fingerprint density at radius 3 is 2.28 bits per heavy atom. The van der Waals surface area contributed by atoms with Crippen LogP contribution in [0.15, 0.2) is 24.3 Å². The van der Waals surface area contributed by atoms with Crippen LogP contribution in [0.25, 0.3) is 0 Å². The maximum Gasteiger partial charge on any atom is 0.416 e. The number of carboxylic acid groups (broad SMARTS) is 1. The molecule has 1 unspecified atom stereocenters. The van der Waals surface area contributed by atoms with Crippen LogP contribution in [0.3, 0.4) is 0 Å². The van der Waals surface area contributed by atoms with Crippen LogP contribution in [0, 0.1) is 0 Å². The maximum absolute atomic E-state index is 13.9. The summed E-state index contributed by atoms with van der Waals surface area (Å²) in [5, 5.41) is 11.0. The van der Waals surface area contributed by atoms with Crippen molar-refractivity contribution < 1.29 is 37.1 Å². The molecule has 25 heavy (non-hydrogen) atoms. The predicted octanol–water partition coefficient (Wildman–Crippen LogP) is 1.46. The number of hydrogen-bond acceptors (Lipinski definition) is 3. The molecule has 1 aliphatic heterocycles. The summed E-state index contributed by atoms with van der Waals surface area (Å²) in [6.45, 7) is -1.23. The Bertz CT molecular complexity index is 690. The topological polar surface area (TPSA) is 86.7 Å². The molecule has 1 aromatic rings. The first-order valence-electron chi connectivity index (χ1n) is 7.18. The minimum atomic E-state index is -4.52. The zero-order chi connectivity index (χ0) is 18.8. The van der Waals surface area contributed by atoms with E-state index in [4.69, 9.17) is 5.11 Å². The van der Waals surface area contributed by atoms with Gasteiger partial charge in [0.1, 0.15) is 0 Å². The Hall–Kier alpha value is -2.65. The van der Waals surface area contributed by atoms with Gasteiger partial charge in [-0.3, -0.25) is 9.59 Å². The highest BCUT2D eigenvalue weighted by Gasteiger charge is 2.46. The summed E-state index contributed by atoms with van der Waals surface area (Å²) < 4.78 is 51.2. The van der Waals surface area contributed by atoms with Crippen molar-refractivity contribution in [1.29, 1.82) is 0 Å². The Labute approximate surface area is 139 Å². The molecule has 0 spiro atoms. The van der Waals surface area contributed by atoms with Crippen LogP contribution in [0.5, 0.6) is 0 Å². The highest BCUT2D eigenvalue weighted by Crippen LogP contribution is 2.29. The number of carboxylic acids is 1. The number of halogens is 4. The molecule has 1 aliphatic rings. The number of likely N-dealkylation sites (tertiary alicyclic amines) is 1. The van der Waals surface area contributed by atoms with Crippen LogP contribution in [0.4, 0.5) is 17.6 Å². The van der Waals surface area contributed by atoms with E-state index in [1.807, 2.05) is 0 Å². The Morgan fingerprint density at radius 1 is 1.20 bits per heavy atom. The molecule has 2 amide bonds. The first-order valence-corrected chi connectivity index (χ1v) is 7.18. The number of carbonyl (C=O) groups excluding carboxylic acids is 2. The molecule has 0 radical (unpaired) electrons. The number of hydrogen-bond donors (Lipinski definition) is 2. The van der Waals surface area contributed by atoms with Gasteiger partial charge in [0, 0.05) is 18.5 Å². The molecule has 1 heterocycles. The van der Waals surface area contributed by atoms with Crippen molar-refractivity contribution >= 4 is 17.8 Å². The number of nitrogens with zero attached hydrogens (tertiary/aromatic N) is 1. The second-order valence-corrected chi connectivity index (χ2v) is 5.59. The number of carbonyl (C=O) groups is 3. The third-order valence-electron chi connectivity index (χ3n) is 3.83. The van der Waals surface area contributed by atoms with E-state index < -0.39 is 48.3 Å². The smallest absolute Gasteiger partial charge is 0.416 e. The van der Waals surface area contributed by atoms with Gasteiger partial charge in [0.25, 0.3) is 5.91 Å². The van der Waals surface area contributed by atoms with Gasteiger partial charge in [0.2, 0.25) is 11.6 Å². The van der Waals surface area contributed by atoms with E-state index in [9.17, 15) is 31.9 Å². The van der Waals surface area contributed by atoms with Gasteiger partial charge >= 0.3 is 12.1 Å². The monoisotopic (exact) mass is 362 g/mol. The SMILES string of the molecule is O=C(NCC(=O)N1CCC(F)(C(=O)O)C1)c1ccc(C(F)(F)F)cc1. The van der Waals surface area contributed by atoms with Gasteiger partial charge in [-0.1, -0.05) is 0 Å². The van der Waals surface area contributed by atoms with E-state index >= 15 is 0 Å². The minimum Gasteiger partial charge on any atom is -0.479 e. The standard InChI is InChI=1S/C15H14F4N2O4/c16-14(13(24)25)5-6-21(8-14)11(22)7-20-12(23)9-1-3-10(4-2-9)15(17,18)19/h1-4H,5-8H2,(H,20,23)(H,24,25). The van der Waals surface area contributed by atoms with Crippen molar-refractivity contribution in [3.63, 3.8) is 0 Å². The zero-order valence-electron chi connectivity index (χ0n) is 12.8. The molecule has 6 nitrogen and oxygen atoms in total. The van der Waals surface area contributed by atoms with E-state index in [0.717, 1.165) is 29.2 Å². The van der Waals surface area contributed by atoms with Crippen molar-refractivity contribution in [3.05, 3.63) is 35.4 Å². The number of benzene rings is 1. The second-order valence-electron chi connectivity index (χ2n) is 5.59. The van der Waals surface area contributed by atoms with Crippen molar-refractivity contribution in [2.45, 2.75) is 18.3 Å². The normalized spacial score (nSPS) is 20.4. The maximum atomic E-state index is 13.9. The van der Waals surface area contributed by atoms with Gasteiger partial charge in [0.15, 0.2) is 0 Å². The molecule has 2 N–H and O–H groups in total. The summed E-state index contributed by atoms with van der Waals surface area (Å²) in [5.74, 6) is -3.11. The van der Waals surface area contributed by atoms with E-state index in [1.165, 1.54) is 0 Å². The largest absolute Gasteiger partial charge is 0.479 e. The molecule has 1 saturated heterocycles. The van der Waals surface area contributed by atoms with Crippen LogP contribution in [-0.4, -0.2) is 53.1 Å². The summed E-state index contributed by atoms with van der Waals surface area (Å²) in [5.41, 5.74) is -3.50. The van der Waals surface area contributed by atoms with Gasteiger partial charge in [-0.25, -0.2) is 9.18 Å². The molecule has 136 valence electrons. The lowest BCUT2D eigenvalue weighted by atomic mass is 10.1. The Kier molecular flexibility index (Phi) is 5.00. The van der Waals surface area contributed by atoms with Crippen LogP contribution in [0.1, 0.15) is 22.3 Å². The zero-order valence-corrected chi connectivity index (χ0v) is 12.8. The molecule has 0 saturated carbocycles. The van der Waals surface area contributed by atoms with Gasteiger partial charge in [0.05, 0.1) is 18.7 Å². The first kappa shape index (κ1) is 18.7. The van der Waals surface area contributed by atoms with Gasteiger partial charge in [-0.15, -0.1) is 0 Å². The lowest BCUT2D eigenvalue weighted by molar-refractivity contribution is -0.150. The van der Waals surface area contributed by atoms with Crippen LogP contribution >= 0.6 is 0 Å². The van der Waals surface area contributed by atoms with E-state index in [2.05, 4.69) is 5.32 Å². The highest BCUT2D eigenvalue weighted by molar-refractivity contribution is 5.96. The molecule has 2 rings (SSSR count). The highest BCUT2D eigenvalue weighted by atomic mass is 19.4. The number of rotatable bonds is 4. The lowest BCUT2D eigenvalue weighted by Gasteiger charge is -2.18. The van der Waals surface area contributed by atoms with Crippen molar-refractivity contribution in [3.8, 4) is 0 Å². The number of alkyl halides is 4. The number of nitrogens with one attached hydrogen (secondary N) is 1. The molecule has 1 atom stereocenters. The molecule has 0 bridgehead atoms. The van der Waals surface area contributed by atoms with Crippen LogP contribution in [0.2, 0.25) is 0 Å². The average molecular weight is 362 g/mol. The van der Waals surface area contributed by atoms with Crippen molar-refractivity contribution in [2.75, 3.05) is 19.6 Å². The summed E-state index contributed by atoms with van der Waals surface area (Å²) in [4.78, 5) is 35.5. The fourth-order valence-corrected chi connectivity index (χ4v) is 2.34. The molecule has 0 aromatic heterocycles. The molecule has 10 heteroatoms. The van der Waals surface area contributed by atoms with Crippen LogP contribution in [-0.2, 0) is 15.8 Å². The first-order chi connectivity index (χ1) is 11.5. The predicted molar refractivity (Wildman–Crippen MR) is 76.4 cm³/mol. The molecular weight excluding hydrogens is 348 g/mol. The minimum absolute atomic E-state index is 0.0763. The number of aliphatic carboxylic acids is 1. The lowest BCUT2D eigenvalue weighted by Crippen LogP contribution is -2.42.